The molecule has 2 aliphatic rings. The van der Waals surface area contributed by atoms with Crippen LogP contribution in [0, 0.1) is 11.8 Å². The van der Waals surface area contributed by atoms with Gasteiger partial charge in [-0.1, -0.05) is 12.2 Å². The molecule has 1 fully saturated rings. The minimum atomic E-state index is 0.343. The molecule has 0 amide bonds. The summed E-state index contributed by atoms with van der Waals surface area (Å²) in [6.45, 7) is 0. The van der Waals surface area contributed by atoms with Crippen LogP contribution in [-0.2, 0) is 4.79 Å². The van der Waals surface area contributed by atoms with Crippen molar-refractivity contribution in [2.45, 2.75) is 12.8 Å². The lowest BCUT2D eigenvalue weighted by molar-refractivity contribution is -0.130. The summed E-state index contributed by atoms with van der Waals surface area (Å²) in [5.74, 6) is 1.50. The summed E-state index contributed by atoms with van der Waals surface area (Å²) in [6.07, 6.45) is 6.17. The van der Waals surface area contributed by atoms with Crippen molar-refractivity contribution in [1.82, 2.24) is 0 Å². The summed E-state index contributed by atoms with van der Waals surface area (Å²) in [5.41, 5.74) is 0. The fraction of sp³-hybridized carbons (Fsp3) is 0.571. The third kappa shape index (κ3) is 0.347. The van der Waals surface area contributed by atoms with Gasteiger partial charge in [-0.25, -0.2) is 0 Å². The van der Waals surface area contributed by atoms with Gasteiger partial charge in [0.15, 0.2) is 0 Å². The Balaban J connectivity index is 2.21. The van der Waals surface area contributed by atoms with Crippen molar-refractivity contribution in [1.29, 1.82) is 0 Å². The van der Waals surface area contributed by atoms with E-state index in [4.69, 9.17) is 0 Å². The molecule has 2 rings (SSSR count). The Labute approximate surface area is 48.4 Å². The van der Waals surface area contributed by atoms with Gasteiger partial charge in [-0.15, -0.1) is 0 Å². The molecular weight excluding hydrogens is 100 g/mol. The molecule has 42 valence electrons. The van der Waals surface area contributed by atoms with E-state index in [9.17, 15) is 4.79 Å². The molecule has 0 heterocycles. The first kappa shape index (κ1) is 4.30. The fourth-order valence-electron chi connectivity index (χ4n) is 1.52. The average Bonchev–Trinajstić information content (AvgIpc) is 2.09. The van der Waals surface area contributed by atoms with E-state index in [0.717, 1.165) is 12.8 Å². The second-order valence-corrected chi connectivity index (χ2v) is 2.62. The highest BCUT2D eigenvalue weighted by molar-refractivity contribution is 5.89. The van der Waals surface area contributed by atoms with Crippen LogP contribution in [0.15, 0.2) is 12.2 Å². The maximum absolute atomic E-state index is 10.7. The Morgan fingerprint density at radius 2 is 2.50 bits per heavy atom. The molecular formula is C7H8O. The zero-order valence-corrected chi connectivity index (χ0v) is 4.63. The minimum absolute atomic E-state index is 0.343. The van der Waals surface area contributed by atoms with E-state index in [-0.39, 0.29) is 0 Å². The zero-order chi connectivity index (χ0) is 5.56. The van der Waals surface area contributed by atoms with Gasteiger partial charge in [0.2, 0.25) is 0 Å². The number of rotatable bonds is 0. The van der Waals surface area contributed by atoms with Crippen molar-refractivity contribution >= 4 is 5.78 Å². The first-order valence-corrected chi connectivity index (χ1v) is 3.07. The molecule has 2 aliphatic carbocycles. The second kappa shape index (κ2) is 1.22. The number of Topliss-reactive ketones (excluding diaryl/α,β-unsaturated/α-hetero) is 1. The predicted molar refractivity (Wildman–Crippen MR) is 30.4 cm³/mol. The molecule has 1 saturated carbocycles. The van der Waals surface area contributed by atoms with Crippen LogP contribution in [0.4, 0.5) is 0 Å². The summed E-state index contributed by atoms with van der Waals surface area (Å²) in [5, 5.41) is 0. The molecule has 1 heteroatoms. The quantitative estimate of drug-likeness (QED) is 0.425. The highest BCUT2D eigenvalue weighted by atomic mass is 16.1. The molecule has 0 saturated heterocycles. The predicted octanol–water partition coefficient (Wildman–Crippen LogP) is 1.15. The number of carbonyl (C=O) groups is 1. The van der Waals surface area contributed by atoms with Gasteiger partial charge in [0.1, 0.15) is 5.78 Å². The van der Waals surface area contributed by atoms with Gasteiger partial charge in [0, 0.05) is 12.3 Å². The molecule has 0 aromatic carbocycles. The van der Waals surface area contributed by atoms with E-state index >= 15 is 0 Å². The van der Waals surface area contributed by atoms with Crippen molar-refractivity contribution in [3.63, 3.8) is 0 Å². The van der Waals surface area contributed by atoms with Crippen LogP contribution in [0.5, 0.6) is 0 Å². The van der Waals surface area contributed by atoms with Crippen molar-refractivity contribution in [3.05, 3.63) is 12.2 Å². The van der Waals surface area contributed by atoms with E-state index in [1.165, 1.54) is 0 Å². The molecule has 0 aromatic rings. The molecule has 0 aliphatic heterocycles. The number of ketones is 1. The van der Waals surface area contributed by atoms with E-state index in [0.29, 0.717) is 17.6 Å². The maximum atomic E-state index is 10.7. The summed E-state index contributed by atoms with van der Waals surface area (Å²) in [7, 11) is 0. The Kier molecular flexibility index (Phi) is 0.655. The van der Waals surface area contributed by atoms with Gasteiger partial charge >= 0.3 is 0 Å². The maximum Gasteiger partial charge on any atom is 0.140 e. The fourth-order valence-corrected chi connectivity index (χ4v) is 1.52. The van der Waals surface area contributed by atoms with Gasteiger partial charge in [0.05, 0.1) is 0 Å². The smallest absolute Gasteiger partial charge is 0.140 e. The van der Waals surface area contributed by atoms with Gasteiger partial charge in [-0.3, -0.25) is 4.79 Å². The van der Waals surface area contributed by atoms with Crippen molar-refractivity contribution in [3.8, 4) is 0 Å². The molecule has 0 aromatic heterocycles. The number of carbonyl (C=O) groups excluding carboxylic acids is 1. The van der Waals surface area contributed by atoms with Gasteiger partial charge in [-0.2, -0.15) is 0 Å². The monoisotopic (exact) mass is 108 g/mol. The summed E-state index contributed by atoms with van der Waals surface area (Å²) >= 11 is 0. The Hall–Kier alpha value is -0.590. The van der Waals surface area contributed by atoms with Gasteiger partial charge < -0.3 is 0 Å². The van der Waals surface area contributed by atoms with Crippen LogP contribution in [-0.4, -0.2) is 5.78 Å². The topological polar surface area (TPSA) is 17.1 Å². The molecule has 1 nitrogen and oxygen atoms in total. The lowest BCUT2D eigenvalue weighted by Gasteiger charge is -2.27. The van der Waals surface area contributed by atoms with E-state index in [2.05, 4.69) is 12.2 Å². The number of hydrogen-bond donors (Lipinski definition) is 0. The number of allylic oxidation sites excluding steroid dienone is 2. The standard InChI is InChI=1S/C7H8O/c8-7-4-5-2-1-3-6(5)7/h1,3,5-6H,2,4H2. The van der Waals surface area contributed by atoms with E-state index in [1.54, 1.807) is 0 Å². The lowest BCUT2D eigenvalue weighted by atomic mass is 9.75. The van der Waals surface area contributed by atoms with Crippen LogP contribution in [0.25, 0.3) is 0 Å². The Morgan fingerprint density at radius 1 is 1.62 bits per heavy atom. The van der Waals surface area contributed by atoms with Crippen LogP contribution >= 0.6 is 0 Å². The normalized spacial score (nSPS) is 41.8. The van der Waals surface area contributed by atoms with Crippen LogP contribution in [0.1, 0.15) is 12.8 Å². The third-order valence-electron chi connectivity index (χ3n) is 2.13. The Bertz CT molecular complexity index is 158. The number of hydrogen-bond acceptors (Lipinski definition) is 1. The third-order valence-corrected chi connectivity index (χ3v) is 2.13. The molecule has 2 unspecified atom stereocenters. The van der Waals surface area contributed by atoms with Crippen molar-refractivity contribution in [2.24, 2.45) is 11.8 Å². The summed E-state index contributed by atoms with van der Waals surface area (Å²) in [4.78, 5) is 10.7. The van der Waals surface area contributed by atoms with Crippen LogP contribution < -0.4 is 0 Å². The lowest BCUT2D eigenvalue weighted by Crippen LogP contribution is -2.32. The first-order chi connectivity index (χ1) is 3.88. The van der Waals surface area contributed by atoms with Crippen molar-refractivity contribution in [2.75, 3.05) is 0 Å². The van der Waals surface area contributed by atoms with Crippen LogP contribution in [0.3, 0.4) is 0 Å². The first-order valence-electron chi connectivity index (χ1n) is 3.07. The largest absolute Gasteiger partial charge is 0.299 e. The van der Waals surface area contributed by atoms with Crippen LogP contribution in [0.2, 0.25) is 0 Å². The molecule has 0 N–H and O–H groups in total. The SMILES string of the molecule is O=C1CC2CC=CC12. The highest BCUT2D eigenvalue weighted by Gasteiger charge is 2.39. The summed E-state index contributed by atoms with van der Waals surface area (Å²) in [6, 6.07) is 0. The zero-order valence-electron chi connectivity index (χ0n) is 4.63. The second-order valence-electron chi connectivity index (χ2n) is 2.62. The average molecular weight is 108 g/mol. The highest BCUT2D eigenvalue weighted by Crippen LogP contribution is 2.38. The van der Waals surface area contributed by atoms with Gasteiger partial charge in [0.25, 0.3) is 0 Å². The van der Waals surface area contributed by atoms with E-state index in [1.807, 2.05) is 0 Å². The number of fused-ring (bicyclic) bond motifs is 1. The molecule has 0 bridgehead atoms. The molecule has 8 heavy (non-hydrogen) atoms. The van der Waals surface area contributed by atoms with Crippen molar-refractivity contribution < 1.29 is 4.79 Å². The molecule has 2 atom stereocenters. The van der Waals surface area contributed by atoms with E-state index < -0.39 is 0 Å². The molecule has 0 spiro atoms. The minimum Gasteiger partial charge on any atom is -0.299 e. The molecule has 0 radical (unpaired) electrons. The Morgan fingerprint density at radius 3 is 3.00 bits per heavy atom. The van der Waals surface area contributed by atoms with Gasteiger partial charge in [-0.05, 0) is 12.3 Å². The summed E-state index contributed by atoms with van der Waals surface area (Å²) < 4.78 is 0.